The van der Waals surface area contributed by atoms with Crippen molar-refractivity contribution in [2.24, 2.45) is 0 Å². The van der Waals surface area contributed by atoms with Gasteiger partial charge in [0.2, 0.25) is 0 Å². The summed E-state index contributed by atoms with van der Waals surface area (Å²) in [6.07, 6.45) is 0. The van der Waals surface area contributed by atoms with Crippen LogP contribution in [-0.4, -0.2) is 0 Å². The molecular weight excluding hydrogens is 140 g/mol. The SMILES string of the molecule is Cc1[c]cc2sccc2c1. The highest BCUT2D eigenvalue weighted by Gasteiger charge is 1.92. The van der Waals surface area contributed by atoms with E-state index in [4.69, 9.17) is 0 Å². The van der Waals surface area contributed by atoms with Crippen molar-refractivity contribution in [3.05, 3.63) is 35.2 Å². The average molecular weight is 147 g/mol. The summed E-state index contributed by atoms with van der Waals surface area (Å²) >= 11 is 1.76. The van der Waals surface area contributed by atoms with E-state index in [0.717, 1.165) is 0 Å². The van der Waals surface area contributed by atoms with E-state index in [0.29, 0.717) is 0 Å². The summed E-state index contributed by atoms with van der Waals surface area (Å²) in [5.74, 6) is 0. The normalized spacial score (nSPS) is 10.5. The number of thiophene rings is 1. The third kappa shape index (κ3) is 0.830. The third-order valence-corrected chi connectivity index (χ3v) is 2.41. The Balaban J connectivity index is 2.86. The summed E-state index contributed by atoms with van der Waals surface area (Å²) in [6.45, 7) is 2.07. The Hall–Kier alpha value is -0.820. The second kappa shape index (κ2) is 2.10. The summed E-state index contributed by atoms with van der Waals surface area (Å²) in [4.78, 5) is 0. The van der Waals surface area contributed by atoms with Crippen molar-refractivity contribution in [3.63, 3.8) is 0 Å². The van der Waals surface area contributed by atoms with E-state index in [1.54, 1.807) is 11.3 Å². The molecule has 1 aromatic carbocycles. The van der Waals surface area contributed by atoms with E-state index in [1.165, 1.54) is 15.6 Å². The fourth-order valence-electron chi connectivity index (χ4n) is 1.02. The van der Waals surface area contributed by atoms with E-state index >= 15 is 0 Å². The molecule has 0 aliphatic heterocycles. The number of aryl methyl sites for hydroxylation is 1. The van der Waals surface area contributed by atoms with Gasteiger partial charge < -0.3 is 0 Å². The molecule has 2 aromatic rings. The van der Waals surface area contributed by atoms with Crippen LogP contribution in [0.2, 0.25) is 0 Å². The molecule has 1 radical (unpaired) electrons. The van der Waals surface area contributed by atoms with Gasteiger partial charge in [0, 0.05) is 4.70 Å². The van der Waals surface area contributed by atoms with Gasteiger partial charge in [-0.15, -0.1) is 11.3 Å². The smallest absolute Gasteiger partial charge is 0.0349 e. The van der Waals surface area contributed by atoms with E-state index in [2.05, 4.69) is 36.6 Å². The topological polar surface area (TPSA) is 0 Å². The van der Waals surface area contributed by atoms with Crippen molar-refractivity contribution in [3.8, 4) is 0 Å². The molecule has 0 spiro atoms. The zero-order valence-corrected chi connectivity index (χ0v) is 6.53. The standard InChI is InChI=1S/C9H7S/c1-7-2-3-9-8(6-7)4-5-10-9/h3-6H,1H3. The summed E-state index contributed by atoms with van der Waals surface area (Å²) in [5.41, 5.74) is 1.21. The van der Waals surface area contributed by atoms with Crippen LogP contribution in [0.25, 0.3) is 10.1 Å². The van der Waals surface area contributed by atoms with E-state index in [9.17, 15) is 0 Å². The van der Waals surface area contributed by atoms with Gasteiger partial charge in [-0.05, 0) is 47.5 Å². The van der Waals surface area contributed by atoms with Crippen LogP contribution in [0.5, 0.6) is 0 Å². The van der Waals surface area contributed by atoms with Crippen LogP contribution in [0.3, 0.4) is 0 Å². The minimum Gasteiger partial charge on any atom is -0.144 e. The lowest BCUT2D eigenvalue weighted by Gasteiger charge is -1.89. The van der Waals surface area contributed by atoms with Crippen molar-refractivity contribution in [2.45, 2.75) is 6.92 Å². The highest BCUT2D eigenvalue weighted by atomic mass is 32.1. The van der Waals surface area contributed by atoms with Gasteiger partial charge in [0.1, 0.15) is 0 Å². The van der Waals surface area contributed by atoms with Crippen molar-refractivity contribution in [1.29, 1.82) is 0 Å². The van der Waals surface area contributed by atoms with E-state index in [-0.39, 0.29) is 0 Å². The first kappa shape index (κ1) is 5.93. The quantitative estimate of drug-likeness (QED) is 0.537. The predicted octanol–water partition coefficient (Wildman–Crippen LogP) is 3.01. The van der Waals surface area contributed by atoms with Crippen molar-refractivity contribution in [2.75, 3.05) is 0 Å². The molecule has 0 bridgehead atoms. The summed E-state index contributed by atoms with van der Waals surface area (Å²) in [7, 11) is 0. The molecule has 1 heterocycles. The largest absolute Gasteiger partial charge is 0.144 e. The number of fused-ring (bicyclic) bond motifs is 1. The Bertz CT molecular complexity index is 346. The second-order valence-corrected chi connectivity index (χ2v) is 3.30. The third-order valence-electron chi connectivity index (χ3n) is 1.53. The van der Waals surface area contributed by atoms with Gasteiger partial charge in [-0.3, -0.25) is 0 Å². The molecule has 0 saturated heterocycles. The van der Waals surface area contributed by atoms with Gasteiger partial charge in [-0.2, -0.15) is 0 Å². The monoisotopic (exact) mass is 147 g/mol. The number of rotatable bonds is 0. The predicted molar refractivity (Wildman–Crippen MR) is 45.4 cm³/mol. The Kier molecular flexibility index (Phi) is 1.24. The molecule has 0 nitrogen and oxygen atoms in total. The van der Waals surface area contributed by atoms with Crippen LogP contribution in [-0.2, 0) is 0 Å². The van der Waals surface area contributed by atoms with Crippen molar-refractivity contribution < 1.29 is 0 Å². The molecule has 0 unspecified atom stereocenters. The molecular formula is C9H7S. The Morgan fingerprint density at radius 2 is 2.40 bits per heavy atom. The molecule has 49 valence electrons. The highest BCUT2D eigenvalue weighted by Crippen LogP contribution is 2.20. The highest BCUT2D eigenvalue weighted by molar-refractivity contribution is 7.17. The minimum atomic E-state index is 1.21. The van der Waals surface area contributed by atoms with Crippen LogP contribution in [0.1, 0.15) is 5.56 Å². The lowest BCUT2D eigenvalue weighted by Crippen LogP contribution is -1.68. The van der Waals surface area contributed by atoms with E-state index < -0.39 is 0 Å². The summed E-state index contributed by atoms with van der Waals surface area (Å²) in [5, 5.41) is 3.44. The van der Waals surface area contributed by atoms with Crippen LogP contribution >= 0.6 is 11.3 Å². The first-order valence-electron chi connectivity index (χ1n) is 3.22. The second-order valence-electron chi connectivity index (χ2n) is 2.36. The maximum atomic E-state index is 3.17. The molecule has 1 heteroatoms. The molecule has 0 amide bonds. The molecule has 0 fully saturated rings. The van der Waals surface area contributed by atoms with Gasteiger partial charge in [0.25, 0.3) is 0 Å². The van der Waals surface area contributed by atoms with Crippen LogP contribution in [0, 0.1) is 13.0 Å². The molecule has 0 atom stereocenters. The molecule has 0 aliphatic rings. The molecule has 10 heavy (non-hydrogen) atoms. The van der Waals surface area contributed by atoms with Crippen molar-refractivity contribution in [1.82, 2.24) is 0 Å². The zero-order chi connectivity index (χ0) is 6.97. The Morgan fingerprint density at radius 3 is 3.30 bits per heavy atom. The number of hydrogen-bond donors (Lipinski definition) is 0. The van der Waals surface area contributed by atoms with Gasteiger partial charge >= 0.3 is 0 Å². The van der Waals surface area contributed by atoms with Gasteiger partial charge in [-0.25, -0.2) is 0 Å². The molecule has 0 aliphatic carbocycles. The van der Waals surface area contributed by atoms with Crippen LogP contribution in [0.15, 0.2) is 23.6 Å². The Morgan fingerprint density at radius 1 is 1.50 bits per heavy atom. The number of benzene rings is 1. The lowest BCUT2D eigenvalue weighted by atomic mass is 10.2. The first-order chi connectivity index (χ1) is 4.86. The number of hydrogen-bond acceptors (Lipinski definition) is 1. The van der Waals surface area contributed by atoms with Gasteiger partial charge in [0.15, 0.2) is 0 Å². The maximum absolute atomic E-state index is 3.17. The molecule has 1 aromatic heterocycles. The van der Waals surface area contributed by atoms with Crippen LogP contribution < -0.4 is 0 Å². The Labute approximate surface area is 64.1 Å². The van der Waals surface area contributed by atoms with Crippen molar-refractivity contribution >= 4 is 21.4 Å². The summed E-state index contributed by atoms with van der Waals surface area (Å²) < 4.78 is 1.32. The van der Waals surface area contributed by atoms with Gasteiger partial charge in [0.05, 0.1) is 0 Å². The molecule has 0 N–H and O–H groups in total. The van der Waals surface area contributed by atoms with E-state index in [1.807, 2.05) is 0 Å². The fourth-order valence-corrected chi connectivity index (χ4v) is 1.77. The van der Waals surface area contributed by atoms with Gasteiger partial charge in [-0.1, -0.05) is 0 Å². The molecule has 0 saturated carbocycles. The lowest BCUT2D eigenvalue weighted by molar-refractivity contribution is 1.50. The first-order valence-corrected chi connectivity index (χ1v) is 4.10. The maximum Gasteiger partial charge on any atom is 0.0349 e. The van der Waals surface area contributed by atoms with Crippen LogP contribution in [0.4, 0.5) is 0 Å². The molecule has 2 rings (SSSR count). The average Bonchev–Trinajstić information content (AvgIpc) is 2.33. The zero-order valence-electron chi connectivity index (χ0n) is 5.72. The fraction of sp³-hybridized carbons (Fsp3) is 0.111. The minimum absolute atomic E-state index is 1.21. The summed E-state index contributed by atoms with van der Waals surface area (Å²) in [6, 6.07) is 9.52.